The molecule has 0 spiro atoms. The lowest BCUT2D eigenvalue weighted by molar-refractivity contribution is 0.0669. The Morgan fingerprint density at radius 3 is 2.86 bits per heavy atom. The fourth-order valence-electron chi connectivity index (χ4n) is 4.26. The van der Waals surface area contributed by atoms with Crippen LogP contribution in [-0.4, -0.2) is 54.5 Å². The number of hydrogen-bond donors (Lipinski definition) is 0. The lowest BCUT2D eigenvalue weighted by Gasteiger charge is -2.33. The van der Waals surface area contributed by atoms with Crippen LogP contribution >= 0.6 is 11.3 Å². The van der Waals surface area contributed by atoms with E-state index in [1.54, 1.807) is 11.3 Å². The molecule has 4 rings (SSSR count). The molecule has 0 N–H and O–H groups in total. The van der Waals surface area contributed by atoms with Gasteiger partial charge in [-0.1, -0.05) is 0 Å². The fourth-order valence-corrected chi connectivity index (χ4v) is 5.37. The Morgan fingerprint density at radius 1 is 1.27 bits per heavy atom. The summed E-state index contributed by atoms with van der Waals surface area (Å²) in [6.07, 6.45) is 5.77. The number of likely N-dealkylation sites (tertiary alicyclic amines) is 2. The second-order valence-electron chi connectivity index (χ2n) is 6.76. The van der Waals surface area contributed by atoms with Gasteiger partial charge in [-0.25, -0.2) is 0 Å². The van der Waals surface area contributed by atoms with E-state index in [-0.39, 0.29) is 5.91 Å². The third-order valence-corrected chi connectivity index (χ3v) is 6.64. The normalized spacial score (nSPS) is 29.0. The Kier molecular flexibility index (Phi) is 3.96. The van der Waals surface area contributed by atoms with E-state index in [2.05, 4.69) is 22.9 Å². The summed E-state index contributed by atoms with van der Waals surface area (Å²) in [6.45, 7) is 3.56. The third-order valence-electron chi connectivity index (χ3n) is 5.42. The lowest BCUT2D eigenvalue weighted by Crippen LogP contribution is -2.46. The molecular weight excluding hydrogens is 296 g/mol. The number of hydrogen-bond acceptors (Lipinski definition) is 4. The van der Waals surface area contributed by atoms with E-state index in [4.69, 9.17) is 4.74 Å². The summed E-state index contributed by atoms with van der Waals surface area (Å²) in [7, 11) is 2.21. The molecule has 3 aliphatic heterocycles. The van der Waals surface area contributed by atoms with Gasteiger partial charge in [0.2, 0.25) is 0 Å². The molecule has 22 heavy (non-hydrogen) atoms. The van der Waals surface area contributed by atoms with Crippen LogP contribution in [0.15, 0.2) is 6.07 Å². The van der Waals surface area contributed by atoms with Crippen LogP contribution in [0.2, 0.25) is 0 Å². The maximum absolute atomic E-state index is 13.0. The van der Waals surface area contributed by atoms with Gasteiger partial charge in [-0.3, -0.25) is 4.79 Å². The molecule has 1 amide bonds. The van der Waals surface area contributed by atoms with E-state index in [0.29, 0.717) is 18.7 Å². The second kappa shape index (κ2) is 5.95. The average Bonchev–Trinajstić information content (AvgIpc) is 3.24. The monoisotopic (exact) mass is 320 g/mol. The largest absolute Gasteiger partial charge is 0.376 e. The highest BCUT2D eigenvalue weighted by Crippen LogP contribution is 2.33. The first-order chi connectivity index (χ1) is 10.7. The van der Waals surface area contributed by atoms with Crippen molar-refractivity contribution in [3.8, 4) is 0 Å². The number of amides is 1. The SMILES string of the molecule is CN1CCC[C@H]1[C@@H]1CCCN1C(=O)c1cc2c(s1)CCOC2. The maximum Gasteiger partial charge on any atom is 0.264 e. The summed E-state index contributed by atoms with van der Waals surface area (Å²) in [6, 6.07) is 3.05. The van der Waals surface area contributed by atoms with Gasteiger partial charge in [-0.2, -0.15) is 0 Å². The highest BCUT2D eigenvalue weighted by Gasteiger charge is 2.39. The molecule has 2 atom stereocenters. The van der Waals surface area contributed by atoms with Crippen molar-refractivity contribution in [1.29, 1.82) is 0 Å². The first-order valence-corrected chi connectivity index (χ1v) is 9.26. The molecule has 1 aromatic rings. The van der Waals surface area contributed by atoms with Crippen LogP contribution in [0.25, 0.3) is 0 Å². The molecule has 0 saturated carbocycles. The van der Waals surface area contributed by atoms with Crippen molar-refractivity contribution in [1.82, 2.24) is 9.80 Å². The van der Waals surface area contributed by atoms with Crippen LogP contribution in [0.3, 0.4) is 0 Å². The summed E-state index contributed by atoms with van der Waals surface area (Å²) < 4.78 is 5.51. The summed E-state index contributed by atoms with van der Waals surface area (Å²) in [5.41, 5.74) is 1.23. The Morgan fingerprint density at radius 2 is 2.09 bits per heavy atom. The highest BCUT2D eigenvalue weighted by atomic mass is 32.1. The van der Waals surface area contributed by atoms with Crippen LogP contribution in [0.4, 0.5) is 0 Å². The van der Waals surface area contributed by atoms with Crippen LogP contribution < -0.4 is 0 Å². The van der Waals surface area contributed by atoms with Gasteiger partial charge in [-0.05, 0) is 50.9 Å². The van der Waals surface area contributed by atoms with Crippen molar-refractivity contribution in [3.63, 3.8) is 0 Å². The van der Waals surface area contributed by atoms with Gasteiger partial charge in [0.15, 0.2) is 0 Å². The van der Waals surface area contributed by atoms with Gasteiger partial charge in [0, 0.05) is 29.9 Å². The number of carbonyl (C=O) groups is 1. The number of nitrogens with zero attached hydrogens (tertiary/aromatic N) is 2. The Balaban J connectivity index is 1.55. The molecule has 4 nitrogen and oxygen atoms in total. The van der Waals surface area contributed by atoms with Gasteiger partial charge in [-0.15, -0.1) is 11.3 Å². The molecule has 3 aliphatic rings. The predicted octanol–water partition coefficient (Wildman–Crippen LogP) is 2.52. The van der Waals surface area contributed by atoms with E-state index in [9.17, 15) is 4.79 Å². The van der Waals surface area contributed by atoms with Gasteiger partial charge < -0.3 is 14.5 Å². The maximum atomic E-state index is 13.0. The third kappa shape index (κ3) is 2.49. The van der Waals surface area contributed by atoms with Crippen molar-refractivity contribution < 1.29 is 9.53 Å². The molecule has 0 unspecified atom stereocenters. The van der Waals surface area contributed by atoms with Gasteiger partial charge in [0.1, 0.15) is 0 Å². The highest BCUT2D eigenvalue weighted by molar-refractivity contribution is 7.14. The molecule has 4 heterocycles. The van der Waals surface area contributed by atoms with Crippen LogP contribution in [-0.2, 0) is 17.8 Å². The molecule has 2 fully saturated rings. The van der Waals surface area contributed by atoms with E-state index in [1.165, 1.54) is 29.8 Å². The predicted molar refractivity (Wildman–Crippen MR) is 87.4 cm³/mol. The molecule has 0 aromatic carbocycles. The second-order valence-corrected chi connectivity index (χ2v) is 7.90. The van der Waals surface area contributed by atoms with Crippen LogP contribution in [0.1, 0.15) is 45.8 Å². The van der Waals surface area contributed by atoms with Gasteiger partial charge in [0.25, 0.3) is 5.91 Å². The number of thiophene rings is 1. The molecule has 0 bridgehead atoms. The Bertz CT molecular complexity index is 548. The van der Waals surface area contributed by atoms with Crippen molar-refractivity contribution in [2.75, 3.05) is 26.7 Å². The van der Waals surface area contributed by atoms with E-state index in [1.807, 2.05) is 0 Å². The zero-order valence-electron chi connectivity index (χ0n) is 13.2. The molecule has 120 valence electrons. The summed E-state index contributed by atoms with van der Waals surface area (Å²) >= 11 is 1.69. The van der Waals surface area contributed by atoms with Crippen molar-refractivity contribution in [3.05, 3.63) is 21.4 Å². The number of carbonyl (C=O) groups excluding carboxylic acids is 1. The molecule has 2 saturated heterocycles. The topological polar surface area (TPSA) is 32.8 Å². The smallest absolute Gasteiger partial charge is 0.264 e. The zero-order chi connectivity index (χ0) is 15.1. The van der Waals surface area contributed by atoms with E-state index in [0.717, 1.165) is 37.3 Å². The first kappa shape index (κ1) is 14.7. The minimum Gasteiger partial charge on any atom is -0.376 e. The average molecular weight is 320 g/mol. The van der Waals surface area contributed by atoms with Crippen molar-refractivity contribution in [2.24, 2.45) is 0 Å². The minimum absolute atomic E-state index is 0.252. The summed E-state index contributed by atoms with van der Waals surface area (Å²) in [5.74, 6) is 0.252. The molecule has 1 aromatic heterocycles. The molecule has 5 heteroatoms. The van der Waals surface area contributed by atoms with Gasteiger partial charge in [0.05, 0.1) is 18.1 Å². The lowest BCUT2D eigenvalue weighted by atomic mass is 10.0. The number of likely N-dealkylation sites (N-methyl/N-ethyl adjacent to an activating group) is 1. The Labute approximate surface area is 136 Å². The number of fused-ring (bicyclic) bond motifs is 1. The van der Waals surface area contributed by atoms with Crippen molar-refractivity contribution in [2.45, 2.75) is 50.8 Å². The molecule has 0 aliphatic carbocycles. The minimum atomic E-state index is 0.252. The summed E-state index contributed by atoms with van der Waals surface area (Å²) in [5, 5.41) is 0. The fraction of sp³-hybridized carbons (Fsp3) is 0.706. The van der Waals surface area contributed by atoms with E-state index < -0.39 is 0 Å². The summed E-state index contributed by atoms with van der Waals surface area (Å²) in [4.78, 5) is 19.9. The molecule has 0 radical (unpaired) electrons. The quantitative estimate of drug-likeness (QED) is 0.839. The van der Waals surface area contributed by atoms with Crippen molar-refractivity contribution >= 4 is 17.2 Å². The number of rotatable bonds is 2. The van der Waals surface area contributed by atoms with Gasteiger partial charge >= 0.3 is 0 Å². The van der Waals surface area contributed by atoms with Crippen LogP contribution in [0.5, 0.6) is 0 Å². The molecular formula is C17H24N2O2S. The van der Waals surface area contributed by atoms with Crippen LogP contribution in [0, 0.1) is 0 Å². The Hall–Kier alpha value is -0.910. The number of ether oxygens (including phenoxy) is 1. The van der Waals surface area contributed by atoms with E-state index >= 15 is 0 Å². The first-order valence-electron chi connectivity index (χ1n) is 8.44. The zero-order valence-corrected chi connectivity index (χ0v) is 14.0. The standard InChI is InChI=1S/C17H24N2O2S/c1-18-7-2-4-13(18)14-5-3-8-19(14)17(20)16-10-12-11-21-9-6-15(12)22-16/h10,13-14H,2-9,11H2,1H3/t13-,14-/m0/s1.